The van der Waals surface area contributed by atoms with Crippen molar-refractivity contribution in [1.82, 2.24) is 9.91 Å². The smallest absolute Gasteiger partial charge is 0.335 e. The molecule has 0 aliphatic carbocycles. The van der Waals surface area contributed by atoms with E-state index >= 15 is 0 Å². The van der Waals surface area contributed by atoms with Gasteiger partial charge in [-0.25, -0.2) is 9.80 Å². The Bertz CT molecular complexity index is 1050. The standard InChI is InChI=1S/C27H36N4O3/c1-18-15-22-16-24(33-3)25(34-4)17-23(22)26(29-31(18)27(28)32)21-10-8-20(9-11-21)19-7-5-6-13-30(2)14-12-19/h8-11,16-19H,5-7,12-15H2,1-4H3,(H2,28,32)/t18-,19?/m0/s1. The Hall–Kier alpha value is -3.06. The predicted molar refractivity (Wildman–Crippen MR) is 135 cm³/mol. The van der Waals surface area contributed by atoms with Crippen molar-refractivity contribution in [2.45, 2.75) is 51.0 Å². The summed E-state index contributed by atoms with van der Waals surface area (Å²) in [4.78, 5) is 14.7. The molecule has 2 heterocycles. The van der Waals surface area contributed by atoms with E-state index in [-0.39, 0.29) is 6.04 Å². The minimum Gasteiger partial charge on any atom is -0.493 e. The zero-order chi connectivity index (χ0) is 24.2. The number of rotatable bonds is 4. The van der Waals surface area contributed by atoms with Gasteiger partial charge in [-0.3, -0.25) is 0 Å². The molecule has 4 rings (SSSR count). The summed E-state index contributed by atoms with van der Waals surface area (Å²) in [6, 6.07) is 11.8. The molecule has 0 bridgehead atoms. The lowest BCUT2D eigenvalue weighted by atomic mass is 9.87. The molecule has 0 saturated carbocycles. The molecule has 34 heavy (non-hydrogen) atoms. The number of hydrogen-bond acceptors (Lipinski definition) is 5. The van der Waals surface area contributed by atoms with Gasteiger partial charge in [0, 0.05) is 11.1 Å². The van der Waals surface area contributed by atoms with E-state index in [0.29, 0.717) is 29.5 Å². The normalized spacial score (nSPS) is 21.5. The maximum absolute atomic E-state index is 12.2. The van der Waals surface area contributed by atoms with E-state index in [1.54, 1.807) is 14.2 Å². The van der Waals surface area contributed by atoms with Gasteiger partial charge in [0.1, 0.15) is 0 Å². The van der Waals surface area contributed by atoms with Gasteiger partial charge in [0.05, 0.1) is 26.0 Å². The average molecular weight is 465 g/mol. The summed E-state index contributed by atoms with van der Waals surface area (Å²) >= 11 is 0. The summed E-state index contributed by atoms with van der Waals surface area (Å²) in [6.07, 6.45) is 5.51. The zero-order valence-corrected chi connectivity index (χ0v) is 20.7. The first-order valence-corrected chi connectivity index (χ1v) is 12.1. The van der Waals surface area contributed by atoms with Gasteiger partial charge in [-0.1, -0.05) is 30.7 Å². The number of likely N-dealkylation sites (tertiary alicyclic amines) is 1. The largest absolute Gasteiger partial charge is 0.493 e. The zero-order valence-electron chi connectivity index (χ0n) is 20.7. The van der Waals surface area contributed by atoms with Crippen LogP contribution in [0.15, 0.2) is 41.5 Å². The van der Waals surface area contributed by atoms with Gasteiger partial charge >= 0.3 is 6.03 Å². The third-order valence-electron chi connectivity index (χ3n) is 7.09. The highest BCUT2D eigenvalue weighted by Crippen LogP contribution is 2.35. The number of carbonyl (C=O) groups is 1. The Balaban J connectivity index is 1.73. The van der Waals surface area contributed by atoms with Gasteiger partial charge in [0.2, 0.25) is 0 Å². The molecule has 2 aliphatic heterocycles. The molecule has 1 fully saturated rings. The van der Waals surface area contributed by atoms with Gasteiger partial charge in [-0.2, -0.15) is 5.10 Å². The van der Waals surface area contributed by atoms with Crippen LogP contribution < -0.4 is 15.2 Å². The fraction of sp³-hybridized carbons (Fsp3) is 0.481. The molecule has 7 heteroatoms. The molecule has 1 saturated heterocycles. The summed E-state index contributed by atoms with van der Waals surface area (Å²) in [5.74, 6) is 1.85. The Morgan fingerprint density at radius 2 is 1.74 bits per heavy atom. The van der Waals surface area contributed by atoms with E-state index in [1.165, 1.54) is 42.8 Å². The first-order valence-electron chi connectivity index (χ1n) is 12.1. The van der Waals surface area contributed by atoms with Crippen LogP contribution in [0.3, 0.4) is 0 Å². The number of methoxy groups -OCH3 is 2. The fourth-order valence-corrected chi connectivity index (χ4v) is 5.11. The Kier molecular flexibility index (Phi) is 7.41. The summed E-state index contributed by atoms with van der Waals surface area (Å²) in [6.45, 7) is 4.26. The number of carbonyl (C=O) groups excluding carboxylic acids is 1. The lowest BCUT2D eigenvalue weighted by molar-refractivity contribution is 0.192. The number of ether oxygens (including phenoxy) is 2. The number of nitrogens with two attached hydrogens (primary N) is 1. The van der Waals surface area contributed by atoms with Crippen molar-refractivity contribution in [3.63, 3.8) is 0 Å². The molecule has 7 nitrogen and oxygen atoms in total. The van der Waals surface area contributed by atoms with Gasteiger partial charge in [-0.15, -0.1) is 0 Å². The monoisotopic (exact) mass is 464 g/mol. The molecule has 0 aromatic heterocycles. The van der Waals surface area contributed by atoms with Crippen molar-refractivity contribution >= 4 is 11.7 Å². The second-order valence-corrected chi connectivity index (χ2v) is 9.46. The van der Waals surface area contributed by atoms with Crippen LogP contribution in [0.1, 0.15) is 60.8 Å². The number of urea groups is 1. The number of fused-ring (bicyclic) bond motifs is 1. The minimum absolute atomic E-state index is 0.182. The highest BCUT2D eigenvalue weighted by molar-refractivity contribution is 6.14. The first kappa shape index (κ1) is 24.1. The minimum atomic E-state index is -0.563. The van der Waals surface area contributed by atoms with Gasteiger partial charge < -0.3 is 20.1 Å². The molecule has 2 aliphatic rings. The molecule has 2 N–H and O–H groups in total. The molecular weight excluding hydrogens is 428 g/mol. The van der Waals surface area contributed by atoms with E-state index in [9.17, 15) is 4.79 Å². The van der Waals surface area contributed by atoms with Crippen LogP contribution in [0, 0.1) is 0 Å². The number of hydrazone groups is 1. The summed E-state index contributed by atoms with van der Waals surface area (Å²) in [5, 5.41) is 6.13. The van der Waals surface area contributed by atoms with Crippen molar-refractivity contribution in [1.29, 1.82) is 0 Å². The van der Waals surface area contributed by atoms with Crippen LogP contribution in [0.5, 0.6) is 11.5 Å². The van der Waals surface area contributed by atoms with Crippen LogP contribution in [-0.2, 0) is 6.42 Å². The first-order chi connectivity index (χ1) is 16.4. The molecule has 2 amide bonds. The van der Waals surface area contributed by atoms with Crippen molar-refractivity contribution in [2.24, 2.45) is 10.8 Å². The molecule has 2 aromatic rings. The predicted octanol–water partition coefficient (Wildman–Crippen LogP) is 4.37. The Morgan fingerprint density at radius 3 is 2.41 bits per heavy atom. The third kappa shape index (κ3) is 5.04. The van der Waals surface area contributed by atoms with E-state index in [4.69, 9.17) is 20.3 Å². The Labute approximate surface area is 202 Å². The van der Waals surface area contributed by atoms with Crippen LogP contribution in [-0.4, -0.2) is 62.1 Å². The topological polar surface area (TPSA) is 80.4 Å². The summed E-state index contributed by atoms with van der Waals surface area (Å²) < 4.78 is 11.1. The maximum Gasteiger partial charge on any atom is 0.335 e. The van der Waals surface area contributed by atoms with Crippen molar-refractivity contribution in [2.75, 3.05) is 34.4 Å². The quantitative estimate of drug-likeness (QED) is 0.729. The Morgan fingerprint density at radius 1 is 1.03 bits per heavy atom. The highest BCUT2D eigenvalue weighted by Gasteiger charge is 2.28. The van der Waals surface area contributed by atoms with Crippen molar-refractivity contribution in [3.05, 3.63) is 58.7 Å². The molecule has 2 aromatic carbocycles. The molecular formula is C27H36N4O3. The second-order valence-electron chi connectivity index (χ2n) is 9.46. The number of hydrogen-bond donors (Lipinski definition) is 1. The summed E-state index contributed by atoms with van der Waals surface area (Å²) in [7, 11) is 5.46. The van der Waals surface area contributed by atoms with Gasteiger partial charge in [0.25, 0.3) is 0 Å². The molecule has 182 valence electrons. The molecule has 0 spiro atoms. The van der Waals surface area contributed by atoms with Crippen LogP contribution in [0.4, 0.5) is 4.79 Å². The van der Waals surface area contributed by atoms with Gasteiger partial charge in [-0.05, 0) is 81.9 Å². The molecule has 0 radical (unpaired) electrons. The molecule has 2 atom stereocenters. The van der Waals surface area contributed by atoms with Gasteiger partial charge in [0.15, 0.2) is 11.5 Å². The number of amides is 2. The van der Waals surface area contributed by atoms with Crippen molar-refractivity contribution in [3.8, 4) is 11.5 Å². The SMILES string of the molecule is COc1cc2c(cc1OC)C(c1ccc(C3CCCCN(C)CC3)cc1)=NN(C(N)=O)[C@@H](C)C2. The average Bonchev–Trinajstić information content (AvgIpc) is 2.96. The van der Waals surface area contributed by atoms with E-state index < -0.39 is 6.03 Å². The van der Waals surface area contributed by atoms with Crippen LogP contribution in [0.25, 0.3) is 0 Å². The lowest BCUT2D eigenvalue weighted by Gasteiger charge is -2.26. The summed E-state index contributed by atoms with van der Waals surface area (Å²) in [5.41, 5.74) is 10.7. The number of primary amides is 1. The van der Waals surface area contributed by atoms with E-state index in [2.05, 4.69) is 36.2 Å². The number of benzene rings is 2. The van der Waals surface area contributed by atoms with Crippen LogP contribution >= 0.6 is 0 Å². The lowest BCUT2D eigenvalue weighted by Crippen LogP contribution is -2.39. The number of nitrogens with zero attached hydrogens (tertiary/aromatic N) is 3. The highest BCUT2D eigenvalue weighted by atomic mass is 16.5. The van der Waals surface area contributed by atoms with E-state index in [0.717, 1.165) is 23.2 Å². The third-order valence-corrected chi connectivity index (χ3v) is 7.09. The second kappa shape index (κ2) is 10.5. The molecule has 1 unspecified atom stereocenters. The van der Waals surface area contributed by atoms with Crippen molar-refractivity contribution < 1.29 is 14.3 Å². The van der Waals surface area contributed by atoms with Crippen LogP contribution in [0.2, 0.25) is 0 Å². The maximum atomic E-state index is 12.2. The van der Waals surface area contributed by atoms with E-state index in [1.807, 2.05) is 19.1 Å². The fourth-order valence-electron chi connectivity index (χ4n) is 5.11.